The first-order chi connectivity index (χ1) is 15.0. The molecule has 2 rings (SSSR count). The van der Waals surface area contributed by atoms with Crippen LogP contribution in [0.4, 0.5) is 0 Å². The average molecular weight is 470 g/mol. The molecule has 0 spiro atoms. The predicted molar refractivity (Wildman–Crippen MR) is 120 cm³/mol. The number of amides is 1. The van der Waals surface area contributed by atoms with Gasteiger partial charge in [0.15, 0.2) is 0 Å². The van der Waals surface area contributed by atoms with Crippen LogP contribution in [-0.4, -0.2) is 67.3 Å². The van der Waals surface area contributed by atoms with Crippen LogP contribution in [0.3, 0.4) is 0 Å². The Balaban J connectivity index is 1.93. The molecule has 10 nitrogen and oxygen atoms in total. The van der Waals surface area contributed by atoms with Crippen molar-refractivity contribution in [1.82, 2.24) is 9.99 Å². The molecule has 0 aliphatic carbocycles. The number of methoxy groups -OCH3 is 1. The predicted octanol–water partition coefficient (Wildman–Crippen LogP) is 1.83. The van der Waals surface area contributed by atoms with Crippen molar-refractivity contribution >= 4 is 38.5 Å². The summed E-state index contributed by atoms with van der Waals surface area (Å²) in [7, 11) is 1.22. The van der Waals surface area contributed by atoms with Gasteiger partial charge in [-0.3, -0.25) is 19.5 Å². The zero-order valence-corrected chi connectivity index (χ0v) is 19.3. The van der Waals surface area contributed by atoms with E-state index in [0.717, 1.165) is 0 Å². The quantitative estimate of drug-likeness (QED) is 0.155. The molecular formula is C19H27N4O6PS. The number of thioether (sulfide) groups is 1. The zero-order valence-electron chi connectivity index (χ0n) is 17.5. The van der Waals surface area contributed by atoms with Crippen LogP contribution >= 0.6 is 20.3 Å². The Morgan fingerprint density at radius 1 is 1.48 bits per heavy atom. The minimum atomic E-state index is -1.66. The highest BCUT2D eigenvalue weighted by molar-refractivity contribution is 8.00. The van der Waals surface area contributed by atoms with Gasteiger partial charge in [-0.25, -0.2) is 5.09 Å². The topological polar surface area (TPSA) is 125 Å². The molecule has 0 radical (unpaired) electrons. The second kappa shape index (κ2) is 13.3. The molecule has 4 unspecified atom stereocenters. The van der Waals surface area contributed by atoms with Crippen LogP contribution in [0.15, 0.2) is 47.6 Å². The summed E-state index contributed by atoms with van der Waals surface area (Å²) < 4.78 is 22.4. The monoisotopic (exact) mass is 470 g/mol. The van der Waals surface area contributed by atoms with Crippen molar-refractivity contribution in [1.29, 1.82) is 0 Å². The Hall–Kier alpha value is -2.17. The number of hydrogen-bond donors (Lipinski definition) is 2. The van der Waals surface area contributed by atoms with E-state index >= 15 is 0 Å². The summed E-state index contributed by atoms with van der Waals surface area (Å²) in [5.41, 5.74) is 5.30. The first kappa shape index (κ1) is 25.1. The summed E-state index contributed by atoms with van der Waals surface area (Å²) in [6.45, 7) is 1.85. The molecule has 1 aliphatic heterocycles. The lowest BCUT2D eigenvalue weighted by Crippen LogP contribution is -2.34. The van der Waals surface area contributed by atoms with Crippen LogP contribution in [0, 0.1) is 0 Å². The van der Waals surface area contributed by atoms with Gasteiger partial charge >= 0.3 is 14.5 Å². The number of para-hydroxylation sites is 1. The third-order valence-electron chi connectivity index (χ3n) is 3.98. The molecule has 12 heteroatoms. The van der Waals surface area contributed by atoms with Crippen molar-refractivity contribution in [3.8, 4) is 5.75 Å². The smallest absolute Gasteiger partial charge is 0.323 e. The number of amidine groups is 1. The Kier molecular flexibility index (Phi) is 10.8. The largest absolute Gasteiger partial charge is 0.468 e. The fourth-order valence-electron chi connectivity index (χ4n) is 2.31. The van der Waals surface area contributed by atoms with Gasteiger partial charge in [0.05, 0.1) is 13.7 Å². The lowest BCUT2D eigenvalue weighted by Gasteiger charge is -2.23. The van der Waals surface area contributed by atoms with E-state index in [1.54, 1.807) is 26.1 Å². The van der Waals surface area contributed by atoms with Crippen LogP contribution in [0.1, 0.15) is 6.92 Å². The zero-order chi connectivity index (χ0) is 22.6. The number of nitrogens with zero attached hydrogens (tertiary/aromatic N) is 2. The molecule has 0 saturated carbocycles. The second-order valence-electron chi connectivity index (χ2n) is 6.20. The van der Waals surface area contributed by atoms with E-state index in [9.17, 15) is 9.59 Å². The number of carbonyl (C=O) groups excluding carboxylic acids is 2. The summed E-state index contributed by atoms with van der Waals surface area (Å²) in [5.74, 6) is 1.03. The first-order valence-corrected chi connectivity index (χ1v) is 11.6. The number of carbonyl (C=O) groups is 2. The molecule has 3 N–H and O–H groups in total. The minimum Gasteiger partial charge on any atom is -0.468 e. The van der Waals surface area contributed by atoms with Crippen LogP contribution in [0.25, 0.3) is 0 Å². The van der Waals surface area contributed by atoms with Gasteiger partial charge in [0.25, 0.3) is 0 Å². The number of nitrogens with one attached hydrogen (secondary N) is 1. The molecule has 0 bridgehead atoms. The minimum absolute atomic E-state index is 0.190. The maximum Gasteiger partial charge on any atom is 0.323 e. The van der Waals surface area contributed by atoms with Gasteiger partial charge in [-0.05, 0) is 25.1 Å². The second-order valence-corrected chi connectivity index (χ2v) is 8.61. The first-order valence-electron chi connectivity index (χ1n) is 9.37. The van der Waals surface area contributed by atoms with Gasteiger partial charge in [-0.15, -0.1) is 11.8 Å². The molecule has 1 aromatic carbocycles. The van der Waals surface area contributed by atoms with Gasteiger partial charge in [-0.2, -0.15) is 0 Å². The number of benzene rings is 1. The van der Waals surface area contributed by atoms with Gasteiger partial charge in [0.2, 0.25) is 6.41 Å². The lowest BCUT2D eigenvalue weighted by atomic mass is 10.3. The van der Waals surface area contributed by atoms with Crippen molar-refractivity contribution < 1.29 is 28.1 Å². The summed E-state index contributed by atoms with van der Waals surface area (Å²) in [6.07, 6.45) is 3.26. The van der Waals surface area contributed by atoms with Gasteiger partial charge < -0.3 is 24.3 Å². The number of rotatable bonds is 12. The number of aliphatic imine (C=N–C) groups is 1. The van der Waals surface area contributed by atoms with E-state index < -0.39 is 26.8 Å². The molecule has 4 atom stereocenters. The number of nitrogens with two attached hydrogens (primary N) is 1. The highest BCUT2D eigenvalue weighted by atomic mass is 32.2. The normalized spacial score (nSPS) is 20.9. The Morgan fingerprint density at radius 3 is 2.87 bits per heavy atom. The number of ether oxygens (including phenoxy) is 2. The van der Waals surface area contributed by atoms with Crippen LogP contribution in [0.2, 0.25) is 0 Å². The van der Waals surface area contributed by atoms with E-state index in [2.05, 4.69) is 10.1 Å². The molecule has 170 valence electrons. The van der Waals surface area contributed by atoms with E-state index in [1.807, 2.05) is 18.2 Å². The van der Waals surface area contributed by atoms with Crippen molar-refractivity contribution in [2.24, 2.45) is 10.7 Å². The van der Waals surface area contributed by atoms with E-state index in [-0.39, 0.29) is 12.0 Å². The van der Waals surface area contributed by atoms with Crippen molar-refractivity contribution in [3.05, 3.63) is 42.6 Å². The van der Waals surface area contributed by atoms with E-state index in [0.29, 0.717) is 23.7 Å². The van der Waals surface area contributed by atoms with E-state index in [4.69, 9.17) is 24.3 Å². The molecule has 1 fully saturated rings. The highest BCUT2D eigenvalue weighted by Gasteiger charge is 2.31. The summed E-state index contributed by atoms with van der Waals surface area (Å²) >= 11 is 1.50. The summed E-state index contributed by atoms with van der Waals surface area (Å²) in [6, 6.07) is 8.51. The fourth-order valence-corrected chi connectivity index (χ4v) is 4.59. The third kappa shape index (κ3) is 8.47. The lowest BCUT2D eigenvalue weighted by molar-refractivity contribution is -0.142. The Morgan fingerprint density at radius 2 is 2.23 bits per heavy atom. The van der Waals surface area contributed by atoms with Crippen molar-refractivity contribution in [3.63, 3.8) is 0 Å². The SMILES string of the molecule is C/N=C(N)\C=C/N(C=O)C1CSC(COP(NC(C)C(=O)OC)Oc2ccccc2)O1. The highest BCUT2D eigenvalue weighted by Crippen LogP contribution is 2.38. The maximum absolute atomic E-state index is 11.8. The van der Waals surface area contributed by atoms with Crippen LogP contribution in [0.5, 0.6) is 5.75 Å². The Labute approximate surface area is 187 Å². The van der Waals surface area contributed by atoms with E-state index in [1.165, 1.54) is 36.0 Å². The third-order valence-corrected chi connectivity index (χ3v) is 6.43. The molecule has 31 heavy (non-hydrogen) atoms. The molecule has 1 aliphatic rings. The maximum atomic E-state index is 11.8. The Bertz CT molecular complexity index is 769. The van der Waals surface area contributed by atoms with Crippen molar-refractivity contribution in [2.75, 3.05) is 26.5 Å². The average Bonchev–Trinajstić information content (AvgIpc) is 3.26. The van der Waals surface area contributed by atoms with Crippen LogP contribution < -0.4 is 15.3 Å². The summed E-state index contributed by atoms with van der Waals surface area (Å²) in [4.78, 5) is 28.3. The van der Waals surface area contributed by atoms with Gasteiger partial charge in [-0.1, -0.05) is 18.2 Å². The standard InChI is InChI=1S/C19H27N4O6PS/c1-14(19(25)26-3)22-30(29-15-7-5-4-6-8-15)27-11-18-28-17(12-31-18)23(13-24)10-9-16(20)21-2/h4-10,13-14,17-18,22H,11-12H2,1-3H3,(H2,20,21)/b10-9-. The summed E-state index contributed by atoms with van der Waals surface area (Å²) in [5, 5.41) is 3.00. The van der Waals surface area contributed by atoms with Gasteiger partial charge in [0.1, 0.15) is 29.3 Å². The molecule has 1 aromatic rings. The number of hydrogen-bond acceptors (Lipinski definition) is 9. The molecule has 1 amide bonds. The fraction of sp³-hybridized carbons (Fsp3) is 0.421. The van der Waals surface area contributed by atoms with Gasteiger partial charge in [0, 0.05) is 19.0 Å². The molecule has 1 saturated heterocycles. The number of esters is 1. The van der Waals surface area contributed by atoms with Crippen LogP contribution in [-0.2, 0) is 23.6 Å². The van der Waals surface area contributed by atoms with Crippen molar-refractivity contribution in [2.45, 2.75) is 24.6 Å². The molecule has 1 heterocycles. The molecular weight excluding hydrogens is 443 g/mol. The molecule has 0 aromatic heterocycles.